The molecule has 0 saturated heterocycles. The molecule has 3 aromatic carbocycles. The van der Waals surface area contributed by atoms with E-state index in [4.69, 9.17) is 9.47 Å². The molecule has 2 aliphatic rings. The zero-order valence-corrected chi connectivity index (χ0v) is 20.0. The van der Waals surface area contributed by atoms with Gasteiger partial charge in [0, 0.05) is 12.6 Å². The number of fused-ring (bicyclic) bond motifs is 1. The molecule has 3 aromatic rings. The molecule has 0 radical (unpaired) electrons. The molecule has 2 amide bonds. The lowest BCUT2D eigenvalue weighted by atomic mass is 9.99. The second kappa shape index (κ2) is 10.7. The first-order chi connectivity index (χ1) is 17.6. The lowest BCUT2D eigenvalue weighted by molar-refractivity contribution is -0.151. The molecule has 0 spiro atoms. The van der Waals surface area contributed by atoms with Crippen molar-refractivity contribution in [3.8, 4) is 17.2 Å². The van der Waals surface area contributed by atoms with Crippen LogP contribution in [-0.2, 0) is 16.1 Å². The minimum absolute atomic E-state index is 0.0764. The van der Waals surface area contributed by atoms with E-state index in [-0.39, 0.29) is 30.2 Å². The summed E-state index contributed by atoms with van der Waals surface area (Å²) < 4.78 is 11.9. The predicted octanol–water partition coefficient (Wildman–Crippen LogP) is 4.36. The molecule has 1 fully saturated rings. The van der Waals surface area contributed by atoms with Gasteiger partial charge in [0.15, 0.2) is 11.5 Å². The molecule has 7 nitrogen and oxygen atoms in total. The van der Waals surface area contributed by atoms with Gasteiger partial charge in [-0.25, -0.2) is 0 Å². The quantitative estimate of drug-likeness (QED) is 0.518. The number of ether oxygens (including phenoxy) is 2. The van der Waals surface area contributed by atoms with E-state index >= 15 is 0 Å². The van der Waals surface area contributed by atoms with Gasteiger partial charge in [0.1, 0.15) is 18.4 Å². The summed E-state index contributed by atoms with van der Waals surface area (Å²) in [4.78, 5) is 29.5. The minimum Gasteiger partial charge on any atom is -0.508 e. The van der Waals surface area contributed by atoms with Crippen molar-refractivity contribution in [3.63, 3.8) is 0 Å². The third-order valence-electron chi connectivity index (χ3n) is 6.80. The fourth-order valence-corrected chi connectivity index (χ4v) is 4.98. The van der Waals surface area contributed by atoms with E-state index in [1.165, 1.54) is 0 Å². The number of aromatic hydroxyl groups is 1. The Morgan fingerprint density at radius 2 is 1.58 bits per heavy atom. The van der Waals surface area contributed by atoms with Crippen molar-refractivity contribution in [1.29, 1.82) is 0 Å². The SMILES string of the molecule is O=C(NCc1ccccc1)[C@@H](c1ccc(O)cc1)N(C(=O)[C@@H]1COc2ccccc2O1)C1CCCC1. The number of carbonyl (C=O) groups excluding carboxylic acids is 2. The standard InChI is InChI=1S/C29H30N2O5/c32-23-16-14-21(15-17-23)27(28(33)30-18-20-8-2-1-3-9-20)31(22-10-4-5-11-22)29(34)26-19-35-24-12-6-7-13-25(24)36-26/h1-3,6-9,12-17,22,26-27,32H,4-5,10-11,18-19H2,(H,30,33)/t26-,27+/m0/s1. The molecule has 1 aliphatic carbocycles. The van der Waals surface area contributed by atoms with Crippen molar-refractivity contribution in [2.45, 2.75) is 50.4 Å². The summed E-state index contributed by atoms with van der Waals surface area (Å²) >= 11 is 0. The molecule has 2 atom stereocenters. The Balaban J connectivity index is 1.46. The Bertz CT molecular complexity index is 1190. The number of hydrogen-bond donors (Lipinski definition) is 2. The third-order valence-corrected chi connectivity index (χ3v) is 6.80. The van der Waals surface area contributed by atoms with Crippen molar-refractivity contribution in [2.75, 3.05) is 6.61 Å². The Kier molecular flexibility index (Phi) is 7.07. The Hall–Kier alpha value is -4.00. The highest BCUT2D eigenvalue weighted by molar-refractivity contribution is 5.91. The van der Waals surface area contributed by atoms with Gasteiger partial charge in [0.25, 0.3) is 5.91 Å². The van der Waals surface area contributed by atoms with Gasteiger partial charge in [0.05, 0.1) is 0 Å². The van der Waals surface area contributed by atoms with Crippen molar-refractivity contribution in [1.82, 2.24) is 10.2 Å². The zero-order valence-electron chi connectivity index (χ0n) is 20.0. The second-order valence-corrected chi connectivity index (χ2v) is 9.25. The molecule has 1 heterocycles. The normalized spacial score (nSPS) is 17.8. The van der Waals surface area contributed by atoms with Crippen LogP contribution in [0.3, 0.4) is 0 Å². The number of carbonyl (C=O) groups is 2. The van der Waals surface area contributed by atoms with E-state index in [1.54, 1.807) is 41.3 Å². The van der Waals surface area contributed by atoms with Crippen LogP contribution in [0.2, 0.25) is 0 Å². The minimum atomic E-state index is -0.870. The number of para-hydroxylation sites is 2. The summed E-state index contributed by atoms with van der Waals surface area (Å²) in [6.07, 6.45) is 2.76. The summed E-state index contributed by atoms with van der Waals surface area (Å²) in [6, 6.07) is 22.4. The lowest BCUT2D eigenvalue weighted by Crippen LogP contribution is -2.54. The van der Waals surface area contributed by atoms with E-state index in [0.29, 0.717) is 23.6 Å². The molecule has 0 unspecified atom stereocenters. The molecule has 5 rings (SSSR count). The van der Waals surface area contributed by atoms with Crippen LogP contribution in [0, 0.1) is 0 Å². The maximum Gasteiger partial charge on any atom is 0.268 e. The van der Waals surface area contributed by atoms with Gasteiger partial charge in [-0.3, -0.25) is 9.59 Å². The molecule has 7 heteroatoms. The fraction of sp³-hybridized carbons (Fsp3) is 0.310. The largest absolute Gasteiger partial charge is 0.508 e. The highest BCUT2D eigenvalue weighted by atomic mass is 16.6. The number of nitrogens with zero attached hydrogens (tertiary/aromatic N) is 1. The van der Waals surface area contributed by atoms with Crippen LogP contribution >= 0.6 is 0 Å². The number of benzene rings is 3. The summed E-state index contributed by atoms with van der Waals surface area (Å²) in [5.41, 5.74) is 1.60. The molecule has 0 bridgehead atoms. The van der Waals surface area contributed by atoms with Gasteiger partial charge in [-0.1, -0.05) is 67.4 Å². The predicted molar refractivity (Wildman–Crippen MR) is 135 cm³/mol. The summed E-state index contributed by atoms with van der Waals surface area (Å²) in [5, 5.41) is 12.9. The second-order valence-electron chi connectivity index (χ2n) is 9.25. The maximum atomic E-state index is 14.0. The molecule has 2 N–H and O–H groups in total. The van der Waals surface area contributed by atoms with Crippen LogP contribution in [0.5, 0.6) is 17.2 Å². The van der Waals surface area contributed by atoms with E-state index in [9.17, 15) is 14.7 Å². The molecule has 1 saturated carbocycles. The molecular weight excluding hydrogens is 456 g/mol. The van der Waals surface area contributed by atoms with E-state index in [1.807, 2.05) is 42.5 Å². The highest BCUT2D eigenvalue weighted by Gasteiger charge is 2.42. The first kappa shape index (κ1) is 23.7. The van der Waals surface area contributed by atoms with Crippen LogP contribution in [0.4, 0.5) is 0 Å². The van der Waals surface area contributed by atoms with Gasteiger partial charge in [-0.05, 0) is 48.2 Å². The highest BCUT2D eigenvalue weighted by Crippen LogP contribution is 2.36. The van der Waals surface area contributed by atoms with Crippen LogP contribution in [0.15, 0.2) is 78.9 Å². The Morgan fingerprint density at radius 3 is 2.31 bits per heavy atom. The molecule has 36 heavy (non-hydrogen) atoms. The molecule has 0 aromatic heterocycles. The van der Waals surface area contributed by atoms with Crippen molar-refractivity contribution in [3.05, 3.63) is 90.0 Å². The summed E-state index contributed by atoms with van der Waals surface area (Å²) in [7, 11) is 0. The van der Waals surface area contributed by atoms with Crippen LogP contribution in [0.1, 0.15) is 42.9 Å². The van der Waals surface area contributed by atoms with Gasteiger partial charge in [-0.15, -0.1) is 0 Å². The van der Waals surface area contributed by atoms with Crippen LogP contribution in [-0.4, -0.2) is 40.6 Å². The zero-order chi connectivity index (χ0) is 24.9. The van der Waals surface area contributed by atoms with Crippen molar-refractivity contribution < 1.29 is 24.2 Å². The van der Waals surface area contributed by atoms with E-state index in [0.717, 1.165) is 31.2 Å². The van der Waals surface area contributed by atoms with Crippen LogP contribution < -0.4 is 14.8 Å². The first-order valence-corrected chi connectivity index (χ1v) is 12.4. The van der Waals surface area contributed by atoms with Gasteiger partial charge >= 0.3 is 0 Å². The molecule has 186 valence electrons. The Morgan fingerprint density at radius 1 is 0.917 bits per heavy atom. The summed E-state index contributed by atoms with van der Waals surface area (Å²) in [5.74, 6) is 0.667. The number of amides is 2. The van der Waals surface area contributed by atoms with Gasteiger partial charge < -0.3 is 24.8 Å². The molecular formula is C29H30N2O5. The first-order valence-electron chi connectivity index (χ1n) is 12.4. The number of rotatable bonds is 7. The number of nitrogens with one attached hydrogen (secondary N) is 1. The van der Waals surface area contributed by atoms with Crippen LogP contribution in [0.25, 0.3) is 0 Å². The van der Waals surface area contributed by atoms with Crippen molar-refractivity contribution >= 4 is 11.8 Å². The topological polar surface area (TPSA) is 88.1 Å². The monoisotopic (exact) mass is 486 g/mol. The van der Waals surface area contributed by atoms with Gasteiger partial charge in [-0.2, -0.15) is 0 Å². The smallest absolute Gasteiger partial charge is 0.268 e. The number of phenols is 1. The average Bonchev–Trinajstić information content (AvgIpc) is 3.45. The fourth-order valence-electron chi connectivity index (χ4n) is 4.98. The van der Waals surface area contributed by atoms with Gasteiger partial charge in [0.2, 0.25) is 12.0 Å². The lowest BCUT2D eigenvalue weighted by Gasteiger charge is -2.39. The Labute approximate surface area is 210 Å². The maximum absolute atomic E-state index is 14.0. The third kappa shape index (κ3) is 5.15. The van der Waals surface area contributed by atoms with Crippen molar-refractivity contribution in [2.24, 2.45) is 0 Å². The molecule has 1 aliphatic heterocycles. The average molecular weight is 487 g/mol. The summed E-state index contributed by atoms with van der Waals surface area (Å²) in [6.45, 7) is 0.421. The number of hydrogen-bond acceptors (Lipinski definition) is 5. The van der Waals surface area contributed by atoms with E-state index in [2.05, 4.69) is 5.32 Å². The van der Waals surface area contributed by atoms with E-state index < -0.39 is 12.1 Å². The number of phenolic OH excluding ortho intramolecular Hbond substituents is 1.